The van der Waals surface area contributed by atoms with Crippen LogP contribution in [0.4, 0.5) is 0 Å². The fourth-order valence-electron chi connectivity index (χ4n) is 1.33. The topological polar surface area (TPSA) is 69.1 Å². The predicted octanol–water partition coefficient (Wildman–Crippen LogP) is 2.07. The molecular formula is C10H10Cl2N2O2. The number of nitrogens with one attached hydrogen (secondary N) is 1. The van der Waals surface area contributed by atoms with Gasteiger partial charge in [-0.25, -0.2) is 4.98 Å². The van der Waals surface area contributed by atoms with Gasteiger partial charge in [-0.2, -0.15) is 0 Å². The number of fused-ring (bicyclic) bond motifs is 1. The Labute approximate surface area is 102 Å². The van der Waals surface area contributed by atoms with Crippen molar-refractivity contribution in [3.63, 3.8) is 0 Å². The third-order valence-corrected chi connectivity index (χ3v) is 3.06. The number of rotatable bonds is 2. The quantitative estimate of drug-likeness (QED) is 0.775. The molecule has 0 aliphatic rings. The van der Waals surface area contributed by atoms with E-state index < -0.39 is 12.2 Å². The zero-order valence-corrected chi connectivity index (χ0v) is 9.97. The van der Waals surface area contributed by atoms with Crippen LogP contribution < -0.4 is 0 Å². The zero-order valence-electron chi connectivity index (χ0n) is 8.46. The van der Waals surface area contributed by atoms with Crippen LogP contribution in [0, 0.1) is 0 Å². The zero-order chi connectivity index (χ0) is 11.9. The van der Waals surface area contributed by atoms with Gasteiger partial charge in [-0.15, -0.1) is 0 Å². The lowest BCUT2D eigenvalue weighted by atomic mass is 10.1. The van der Waals surface area contributed by atoms with Gasteiger partial charge in [0, 0.05) is 0 Å². The maximum absolute atomic E-state index is 9.82. The van der Waals surface area contributed by atoms with Crippen LogP contribution >= 0.6 is 23.2 Å². The Morgan fingerprint density at radius 2 is 2.00 bits per heavy atom. The Kier molecular flexibility index (Phi) is 2.84. The molecule has 1 heterocycles. The molecule has 1 atom stereocenters. The summed E-state index contributed by atoms with van der Waals surface area (Å²) in [6.45, 7) is 1.04. The highest BCUT2D eigenvalue weighted by Crippen LogP contribution is 2.28. The van der Waals surface area contributed by atoms with Gasteiger partial charge in [0.2, 0.25) is 0 Å². The molecule has 1 unspecified atom stereocenters. The molecule has 86 valence electrons. The van der Waals surface area contributed by atoms with Crippen LogP contribution in [-0.2, 0) is 5.60 Å². The highest BCUT2D eigenvalue weighted by Gasteiger charge is 2.26. The summed E-state index contributed by atoms with van der Waals surface area (Å²) in [6, 6.07) is 3.23. The minimum atomic E-state index is -1.40. The normalized spacial score (nSPS) is 15.3. The summed E-state index contributed by atoms with van der Waals surface area (Å²) in [6.07, 6.45) is 0. The molecule has 3 N–H and O–H groups in total. The first kappa shape index (κ1) is 11.7. The predicted molar refractivity (Wildman–Crippen MR) is 62.8 cm³/mol. The van der Waals surface area contributed by atoms with Gasteiger partial charge in [0.25, 0.3) is 0 Å². The Balaban J connectivity index is 2.61. The maximum atomic E-state index is 9.82. The number of aliphatic hydroxyl groups is 2. The number of halogens is 2. The van der Waals surface area contributed by atoms with Crippen LogP contribution in [-0.4, -0.2) is 26.8 Å². The van der Waals surface area contributed by atoms with E-state index in [0.717, 1.165) is 0 Å². The highest BCUT2D eigenvalue weighted by molar-refractivity contribution is 6.42. The van der Waals surface area contributed by atoms with E-state index in [4.69, 9.17) is 28.3 Å². The Morgan fingerprint density at radius 3 is 2.62 bits per heavy atom. The molecule has 2 aromatic rings. The van der Waals surface area contributed by atoms with E-state index in [2.05, 4.69) is 9.97 Å². The minimum Gasteiger partial charge on any atom is -0.393 e. The summed E-state index contributed by atoms with van der Waals surface area (Å²) in [7, 11) is 0. The number of imidazole rings is 1. The lowest BCUT2D eigenvalue weighted by Gasteiger charge is -2.16. The van der Waals surface area contributed by atoms with Crippen molar-refractivity contribution in [2.75, 3.05) is 6.61 Å². The van der Waals surface area contributed by atoms with Gasteiger partial charge in [0.15, 0.2) is 0 Å². The third kappa shape index (κ3) is 1.89. The first-order chi connectivity index (χ1) is 7.44. The van der Waals surface area contributed by atoms with Gasteiger partial charge < -0.3 is 15.2 Å². The molecule has 0 bridgehead atoms. The van der Waals surface area contributed by atoms with Crippen molar-refractivity contribution >= 4 is 34.2 Å². The number of aromatic nitrogens is 2. The molecule has 0 spiro atoms. The van der Waals surface area contributed by atoms with Gasteiger partial charge in [-0.1, -0.05) is 23.2 Å². The van der Waals surface area contributed by atoms with Crippen LogP contribution in [0.5, 0.6) is 0 Å². The largest absolute Gasteiger partial charge is 0.393 e. The van der Waals surface area contributed by atoms with Crippen molar-refractivity contribution < 1.29 is 10.2 Å². The molecule has 0 radical (unpaired) electrons. The molecule has 1 aromatic heterocycles. The second-order valence-electron chi connectivity index (χ2n) is 3.80. The molecule has 0 saturated heterocycles. The summed E-state index contributed by atoms with van der Waals surface area (Å²) in [4.78, 5) is 7.04. The molecule has 0 aliphatic heterocycles. The number of H-pyrrole nitrogens is 1. The van der Waals surface area contributed by atoms with E-state index in [9.17, 15) is 5.11 Å². The Morgan fingerprint density at radius 1 is 1.38 bits per heavy atom. The smallest absolute Gasteiger partial charge is 0.142 e. The molecular weight excluding hydrogens is 251 g/mol. The Bertz CT molecular complexity index is 498. The highest BCUT2D eigenvalue weighted by atomic mass is 35.5. The molecule has 0 saturated carbocycles. The first-order valence-corrected chi connectivity index (χ1v) is 5.38. The fourth-order valence-corrected chi connectivity index (χ4v) is 1.66. The van der Waals surface area contributed by atoms with Gasteiger partial charge in [0.1, 0.15) is 11.4 Å². The van der Waals surface area contributed by atoms with Gasteiger partial charge in [0.05, 0.1) is 27.7 Å². The SMILES string of the molecule is CC(O)(CO)c1nc2cc(Cl)c(Cl)cc2[nH]1. The number of benzene rings is 1. The number of nitrogens with zero attached hydrogens (tertiary/aromatic N) is 1. The molecule has 0 amide bonds. The monoisotopic (exact) mass is 260 g/mol. The standard InChI is InChI=1S/C10H10Cl2N2O2/c1-10(16,4-15)9-13-7-2-5(11)6(12)3-8(7)14-9/h2-3,15-16H,4H2,1H3,(H,13,14). The van der Waals surface area contributed by atoms with E-state index >= 15 is 0 Å². The van der Waals surface area contributed by atoms with E-state index in [1.54, 1.807) is 12.1 Å². The molecule has 6 heteroatoms. The minimum absolute atomic E-state index is 0.281. The fraction of sp³-hybridized carbons (Fsp3) is 0.300. The average molecular weight is 261 g/mol. The van der Waals surface area contributed by atoms with Crippen molar-refractivity contribution in [3.8, 4) is 0 Å². The van der Waals surface area contributed by atoms with Crippen molar-refractivity contribution in [3.05, 3.63) is 28.0 Å². The van der Waals surface area contributed by atoms with E-state index in [-0.39, 0.29) is 5.82 Å². The van der Waals surface area contributed by atoms with Crippen molar-refractivity contribution in [2.24, 2.45) is 0 Å². The molecule has 4 nitrogen and oxygen atoms in total. The second kappa shape index (κ2) is 3.89. The lowest BCUT2D eigenvalue weighted by molar-refractivity contribution is -0.00878. The second-order valence-corrected chi connectivity index (χ2v) is 4.62. The molecule has 0 fully saturated rings. The van der Waals surface area contributed by atoms with Gasteiger partial charge >= 0.3 is 0 Å². The van der Waals surface area contributed by atoms with E-state index in [0.29, 0.717) is 21.1 Å². The van der Waals surface area contributed by atoms with E-state index in [1.807, 2.05) is 0 Å². The molecule has 2 rings (SSSR count). The Hall–Kier alpha value is -0.810. The van der Waals surface area contributed by atoms with Crippen LogP contribution in [0.2, 0.25) is 10.0 Å². The van der Waals surface area contributed by atoms with E-state index in [1.165, 1.54) is 6.92 Å². The summed E-state index contributed by atoms with van der Waals surface area (Å²) in [5.74, 6) is 0.281. The van der Waals surface area contributed by atoms with Gasteiger partial charge in [-0.3, -0.25) is 0 Å². The van der Waals surface area contributed by atoms with Crippen LogP contribution in [0.15, 0.2) is 12.1 Å². The number of hydrogen-bond acceptors (Lipinski definition) is 3. The maximum Gasteiger partial charge on any atom is 0.142 e. The lowest BCUT2D eigenvalue weighted by Crippen LogP contribution is -2.27. The van der Waals surface area contributed by atoms with Gasteiger partial charge in [-0.05, 0) is 19.1 Å². The molecule has 0 aliphatic carbocycles. The number of aromatic amines is 1. The number of aliphatic hydroxyl groups excluding tert-OH is 1. The average Bonchev–Trinajstić information content (AvgIpc) is 2.62. The van der Waals surface area contributed by atoms with Crippen LogP contribution in [0.25, 0.3) is 11.0 Å². The summed E-state index contributed by atoms with van der Waals surface area (Å²) in [5.41, 5.74) is -0.144. The number of hydrogen-bond donors (Lipinski definition) is 3. The summed E-state index contributed by atoms with van der Waals surface area (Å²) < 4.78 is 0. The van der Waals surface area contributed by atoms with Crippen LogP contribution in [0.3, 0.4) is 0 Å². The third-order valence-electron chi connectivity index (χ3n) is 2.34. The molecule has 16 heavy (non-hydrogen) atoms. The summed E-state index contributed by atoms with van der Waals surface area (Å²) in [5, 5.41) is 19.7. The van der Waals surface area contributed by atoms with Crippen molar-refractivity contribution in [2.45, 2.75) is 12.5 Å². The van der Waals surface area contributed by atoms with Crippen molar-refractivity contribution in [1.82, 2.24) is 9.97 Å². The van der Waals surface area contributed by atoms with Crippen LogP contribution in [0.1, 0.15) is 12.7 Å². The molecule has 1 aromatic carbocycles. The first-order valence-electron chi connectivity index (χ1n) is 4.62. The summed E-state index contributed by atoms with van der Waals surface area (Å²) >= 11 is 11.7. The van der Waals surface area contributed by atoms with Crippen molar-refractivity contribution in [1.29, 1.82) is 0 Å².